The van der Waals surface area contributed by atoms with E-state index in [1.54, 1.807) is 0 Å². The Kier molecular flexibility index (Phi) is 3.34. The Morgan fingerprint density at radius 1 is 1.39 bits per heavy atom. The summed E-state index contributed by atoms with van der Waals surface area (Å²) in [4.78, 5) is 23.0. The summed E-state index contributed by atoms with van der Waals surface area (Å²) in [5.74, 6) is 0.332. The monoisotopic (exact) mass is 323 g/mol. The van der Waals surface area contributed by atoms with E-state index < -0.39 is 36.7 Å². The maximum atomic E-state index is 12.1. The van der Waals surface area contributed by atoms with Crippen molar-refractivity contribution in [2.45, 2.75) is 43.4 Å². The van der Waals surface area contributed by atoms with Gasteiger partial charge in [-0.3, -0.25) is 14.3 Å². The Bertz CT molecular complexity index is 785. The standard InChI is InChI=1S/C13H17N5O5/c19-3-6-8(20)9(21)12(23-6)18-4-14-7-10(18)16-13(17-11(7)22)15-5-1-2-5/h4-6,8-9,12,19-21H,1-3H2,(H2,15,16,17,22)/t6-,8-,9-,12-/m1/s1. The molecule has 10 nitrogen and oxygen atoms in total. The first-order chi connectivity index (χ1) is 11.1. The first-order valence-corrected chi connectivity index (χ1v) is 7.44. The Morgan fingerprint density at radius 2 is 2.17 bits per heavy atom. The number of fused-ring (bicyclic) bond motifs is 1. The first kappa shape index (κ1) is 14.6. The number of hydrogen-bond donors (Lipinski definition) is 5. The van der Waals surface area contributed by atoms with Crippen molar-refractivity contribution < 1.29 is 20.1 Å². The molecule has 1 saturated carbocycles. The summed E-state index contributed by atoms with van der Waals surface area (Å²) in [7, 11) is 0. The first-order valence-electron chi connectivity index (χ1n) is 7.44. The van der Waals surface area contributed by atoms with Gasteiger partial charge in [-0.2, -0.15) is 4.98 Å². The zero-order chi connectivity index (χ0) is 16.1. The van der Waals surface area contributed by atoms with Gasteiger partial charge < -0.3 is 25.4 Å². The number of H-pyrrole nitrogens is 1. The fraction of sp³-hybridized carbons (Fsp3) is 0.615. The molecule has 0 spiro atoms. The molecule has 1 aliphatic carbocycles. The summed E-state index contributed by atoms with van der Waals surface area (Å²) in [5.41, 5.74) is -0.0422. The summed E-state index contributed by atoms with van der Waals surface area (Å²) in [6, 6.07) is 0.306. The molecule has 3 heterocycles. The summed E-state index contributed by atoms with van der Waals surface area (Å²) in [6.45, 7) is -0.427. The average molecular weight is 323 g/mol. The molecule has 0 amide bonds. The minimum absolute atomic E-state index is 0.115. The van der Waals surface area contributed by atoms with E-state index in [1.165, 1.54) is 10.9 Å². The topological polar surface area (TPSA) is 146 Å². The summed E-state index contributed by atoms with van der Waals surface area (Å²) in [5, 5.41) is 32.3. The third-order valence-corrected chi connectivity index (χ3v) is 4.14. The second-order valence-corrected chi connectivity index (χ2v) is 5.89. The lowest BCUT2D eigenvalue weighted by atomic mass is 10.1. The van der Waals surface area contributed by atoms with Gasteiger partial charge in [0.1, 0.15) is 18.3 Å². The van der Waals surface area contributed by atoms with E-state index in [1.807, 2.05) is 0 Å². The van der Waals surface area contributed by atoms with E-state index in [-0.39, 0.29) is 11.2 Å². The number of nitrogens with zero attached hydrogens (tertiary/aromatic N) is 3. The van der Waals surface area contributed by atoms with Crippen LogP contribution in [0.1, 0.15) is 19.1 Å². The number of imidazole rings is 1. The molecule has 124 valence electrons. The molecule has 0 aromatic carbocycles. The van der Waals surface area contributed by atoms with Gasteiger partial charge in [0, 0.05) is 6.04 Å². The zero-order valence-electron chi connectivity index (χ0n) is 12.1. The van der Waals surface area contributed by atoms with Crippen LogP contribution in [0.2, 0.25) is 0 Å². The number of aliphatic hydroxyl groups is 3. The molecule has 1 aliphatic heterocycles. The minimum atomic E-state index is -1.26. The molecular weight excluding hydrogens is 306 g/mol. The van der Waals surface area contributed by atoms with Crippen LogP contribution in [0.4, 0.5) is 5.95 Å². The molecular formula is C13H17N5O5. The summed E-state index contributed by atoms with van der Waals surface area (Å²) in [6.07, 6.45) is -0.993. The van der Waals surface area contributed by atoms with Gasteiger partial charge in [-0.1, -0.05) is 0 Å². The van der Waals surface area contributed by atoms with Crippen LogP contribution in [0.25, 0.3) is 11.2 Å². The predicted molar refractivity (Wildman–Crippen MR) is 77.8 cm³/mol. The summed E-state index contributed by atoms with van der Waals surface area (Å²) >= 11 is 0. The van der Waals surface area contributed by atoms with Crippen LogP contribution in [0.3, 0.4) is 0 Å². The smallest absolute Gasteiger partial charge is 0.280 e. The van der Waals surface area contributed by atoms with Crippen LogP contribution >= 0.6 is 0 Å². The lowest BCUT2D eigenvalue weighted by molar-refractivity contribution is -0.0511. The molecule has 10 heteroatoms. The van der Waals surface area contributed by atoms with Gasteiger partial charge in [0.25, 0.3) is 5.56 Å². The van der Waals surface area contributed by atoms with E-state index in [0.29, 0.717) is 12.0 Å². The van der Waals surface area contributed by atoms with E-state index in [4.69, 9.17) is 4.74 Å². The average Bonchev–Trinajstić information content (AvgIpc) is 3.17. The van der Waals surface area contributed by atoms with Crippen LogP contribution in [0.15, 0.2) is 11.1 Å². The van der Waals surface area contributed by atoms with Crippen molar-refractivity contribution in [3.05, 3.63) is 16.7 Å². The largest absolute Gasteiger partial charge is 0.394 e. The van der Waals surface area contributed by atoms with Crippen LogP contribution in [-0.4, -0.2) is 65.8 Å². The molecule has 4 rings (SSSR count). The Labute approximate surface area is 129 Å². The number of nitrogens with one attached hydrogen (secondary N) is 2. The molecule has 2 fully saturated rings. The number of ether oxygens (including phenoxy) is 1. The molecule has 23 heavy (non-hydrogen) atoms. The zero-order valence-corrected chi connectivity index (χ0v) is 12.1. The second-order valence-electron chi connectivity index (χ2n) is 5.89. The van der Waals surface area contributed by atoms with Crippen molar-refractivity contribution >= 4 is 17.1 Å². The van der Waals surface area contributed by atoms with Crippen LogP contribution in [-0.2, 0) is 4.74 Å². The maximum absolute atomic E-state index is 12.1. The number of anilines is 1. The Morgan fingerprint density at radius 3 is 2.83 bits per heavy atom. The molecule has 5 N–H and O–H groups in total. The van der Waals surface area contributed by atoms with E-state index in [0.717, 1.165) is 12.8 Å². The van der Waals surface area contributed by atoms with Gasteiger partial charge in [-0.05, 0) is 12.8 Å². The third kappa shape index (κ3) is 2.39. The quantitative estimate of drug-likeness (QED) is 0.448. The van der Waals surface area contributed by atoms with E-state index >= 15 is 0 Å². The number of rotatable bonds is 4. The van der Waals surface area contributed by atoms with Gasteiger partial charge in [-0.25, -0.2) is 4.98 Å². The second kappa shape index (κ2) is 5.27. The van der Waals surface area contributed by atoms with E-state index in [2.05, 4.69) is 20.3 Å². The maximum Gasteiger partial charge on any atom is 0.280 e. The van der Waals surface area contributed by atoms with Gasteiger partial charge in [0.15, 0.2) is 17.4 Å². The number of hydrogen-bond acceptors (Lipinski definition) is 8. The normalized spacial score (nSPS) is 30.9. The lowest BCUT2D eigenvalue weighted by Crippen LogP contribution is -2.33. The SMILES string of the molecule is O=c1[nH]c(NC2CC2)nc2c1ncn2[C@@H]1O[C@H](CO)[C@@H](O)[C@H]1O. The van der Waals surface area contributed by atoms with Crippen LogP contribution in [0.5, 0.6) is 0 Å². The highest BCUT2D eigenvalue weighted by Gasteiger charge is 2.44. The predicted octanol–water partition coefficient (Wildman–Crippen LogP) is -1.69. The molecule has 0 unspecified atom stereocenters. The fourth-order valence-electron chi connectivity index (χ4n) is 2.71. The lowest BCUT2D eigenvalue weighted by Gasteiger charge is -2.16. The fourth-order valence-corrected chi connectivity index (χ4v) is 2.71. The van der Waals surface area contributed by atoms with Crippen molar-refractivity contribution in [1.29, 1.82) is 0 Å². The van der Waals surface area contributed by atoms with Crippen molar-refractivity contribution in [3.63, 3.8) is 0 Å². The van der Waals surface area contributed by atoms with Crippen LogP contribution < -0.4 is 10.9 Å². The summed E-state index contributed by atoms with van der Waals surface area (Å²) < 4.78 is 6.86. The number of aliphatic hydroxyl groups excluding tert-OH is 3. The van der Waals surface area contributed by atoms with Crippen molar-refractivity contribution in [2.75, 3.05) is 11.9 Å². The van der Waals surface area contributed by atoms with Crippen molar-refractivity contribution in [2.24, 2.45) is 0 Å². The Hall–Kier alpha value is -2.01. The van der Waals surface area contributed by atoms with Crippen molar-refractivity contribution in [3.8, 4) is 0 Å². The molecule has 0 radical (unpaired) electrons. The molecule has 4 atom stereocenters. The highest BCUT2D eigenvalue weighted by atomic mass is 16.6. The number of aromatic nitrogens is 4. The molecule has 0 bridgehead atoms. The molecule has 2 aromatic heterocycles. The highest BCUT2D eigenvalue weighted by molar-refractivity contribution is 5.71. The minimum Gasteiger partial charge on any atom is -0.394 e. The number of aromatic amines is 1. The molecule has 2 aromatic rings. The molecule has 1 saturated heterocycles. The van der Waals surface area contributed by atoms with Crippen molar-refractivity contribution in [1.82, 2.24) is 19.5 Å². The Balaban J connectivity index is 1.75. The van der Waals surface area contributed by atoms with E-state index in [9.17, 15) is 20.1 Å². The van der Waals surface area contributed by atoms with Crippen LogP contribution in [0, 0.1) is 0 Å². The van der Waals surface area contributed by atoms with Gasteiger partial charge in [0.2, 0.25) is 5.95 Å². The van der Waals surface area contributed by atoms with Gasteiger partial charge in [0.05, 0.1) is 12.9 Å². The van der Waals surface area contributed by atoms with Gasteiger partial charge >= 0.3 is 0 Å². The highest BCUT2D eigenvalue weighted by Crippen LogP contribution is 2.31. The van der Waals surface area contributed by atoms with Gasteiger partial charge in [-0.15, -0.1) is 0 Å². The third-order valence-electron chi connectivity index (χ3n) is 4.14. The molecule has 2 aliphatic rings.